The zero-order valence-electron chi connectivity index (χ0n) is 37.3. The van der Waals surface area contributed by atoms with Gasteiger partial charge in [0.15, 0.2) is 0 Å². The lowest BCUT2D eigenvalue weighted by molar-refractivity contribution is -0.143. The Morgan fingerprint density at radius 2 is 1.10 bits per heavy atom. The van der Waals surface area contributed by atoms with E-state index in [2.05, 4.69) is 31.9 Å². The van der Waals surface area contributed by atoms with E-state index in [9.17, 15) is 43.8 Å². The van der Waals surface area contributed by atoms with E-state index in [0.717, 1.165) is 64.2 Å². The first kappa shape index (κ1) is 57.4. The van der Waals surface area contributed by atoms with E-state index in [0.29, 0.717) is 50.6 Å². The molecule has 1 fully saturated rings. The van der Waals surface area contributed by atoms with Gasteiger partial charge in [0.05, 0.1) is 45.4 Å². The van der Waals surface area contributed by atoms with Crippen molar-refractivity contribution < 1.29 is 67.8 Å². The summed E-state index contributed by atoms with van der Waals surface area (Å²) < 4.78 is 21.3. The number of ether oxygens (including phenoxy) is 4. The van der Waals surface area contributed by atoms with Crippen LogP contribution in [0.3, 0.4) is 0 Å². The molecule has 2 unspecified atom stereocenters. The maximum absolute atomic E-state index is 12.9. The molecule has 1 aliphatic carbocycles. The van der Waals surface area contributed by atoms with E-state index >= 15 is 0 Å². The number of hydrogen-bond acceptors (Lipinski definition) is 14. The molecule has 63 heavy (non-hydrogen) atoms. The number of aliphatic hydroxyl groups excluding tert-OH is 1. The second kappa shape index (κ2) is 38.8. The molecule has 1 aliphatic rings. The van der Waals surface area contributed by atoms with Gasteiger partial charge in [-0.3, -0.25) is 34.1 Å². The maximum atomic E-state index is 12.9. The predicted octanol–water partition coefficient (Wildman–Crippen LogP) is 0.930. The number of amides is 5. The van der Waals surface area contributed by atoms with Gasteiger partial charge in [0.25, 0.3) is 0 Å². The van der Waals surface area contributed by atoms with Crippen LogP contribution in [0.1, 0.15) is 103 Å². The predicted molar refractivity (Wildman–Crippen MR) is 236 cm³/mol. The smallest absolute Gasteiger partial charge is 0.326 e. The summed E-state index contributed by atoms with van der Waals surface area (Å²) >= 11 is 1.42. The van der Waals surface area contributed by atoms with Crippen molar-refractivity contribution >= 4 is 53.2 Å². The fourth-order valence-corrected chi connectivity index (χ4v) is 6.97. The number of nitrogens with one attached hydrogen (secondary N) is 6. The number of rotatable bonds is 41. The van der Waals surface area contributed by atoms with Gasteiger partial charge >= 0.3 is 11.9 Å². The van der Waals surface area contributed by atoms with Crippen molar-refractivity contribution in [1.29, 1.82) is 0 Å². The van der Waals surface area contributed by atoms with E-state index in [1.807, 2.05) is 6.26 Å². The fourth-order valence-electron chi connectivity index (χ4n) is 6.60. The highest BCUT2D eigenvalue weighted by Gasteiger charge is 2.30. The first-order valence-corrected chi connectivity index (χ1v) is 23.8. The molecule has 0 saturated heterocycles. The van der Waals surface area contributed by atoms with Crippen molar-refractivity contribution in [3.8, 4) is 0 Å². The summed E-state index contributed by atoms with van der Waals surface area (Å²) in [5.41, 5.74) is 0. The van der Waals surface area contributed by atoms with Crippen molar-refractivity contribution in [2.75, 3.05) is 97.6 Å². The van der Waals surface area contributed by atoms with Crippen LogP contribution in [0.15, 0.2) is 0 Å². The van der Waals surface area contributed by atoms with E-state index in [-0.39, 0.29) is 121 Å². The average molecular weight is 921 g/mol. The standard InChI is InChI=1S/C42H76N6O14S/c1-63-31-39(53)44-19-18-43-37(51)29-61-26-25-60-23-21-46-38(52)30-62-27-24-59-22-20-45-36(50)17-16-34(42(57)58)48-41(56)33-14-12-32(13-15-33)28-47-35(49)10-8-6-4-2-3-5-7-9-11-40(54)55/h32-35,47,49H,2-31H2,1H3,(H,43,51)(H,44,53)(H,45,50)(H,46,52)(H,48,56)(H,54,55)(H,57,58). The molecule has 5 amide bonds. The molecule has 0 radical (unpaired) electrons. The molecule has 364 valence electrons. The quantitative estimate of drug-likeness (QED) is 0.0305. The second-order valence-corrected chi connectivity index (χ2v) is 16.4. The van der Waals surface area contributed by atoms with Gasteiger partial charge in [-0.25, -0.2) is 4.79 Å². The van der Waals surface area contributed by atoms with Crippen LogP contribution >= 0.6 is 11.8 Å². The normalized spacial score (nSPS) is 15.8. The van der Waals surface area contributed by atoms with Crippen LogP contribution < -0.4 is 31.9 Å². The first-order valence-electron chi connectivity index (χ1n) is 22.4. The lowest BCUT2D eigenvalue weighted by atomic mass is 9.81. The summed E-state index contributed by atoms with van der Waals surface area (Å²) in [5, 5.41) is 45.1. The molecule has 0 heterocycles. The second-order valence-electron chi connectivity index (χ2n) is 15.5. The number of hydrogen-bond donors (Lipinski definition) is 9. The van der Waals surface area contributed by atoms with Gasteiger partial charge in [0.2, 0.25) is 29.5 Å². The summed E-state index contributed by atoms with van der Waals surface area (Å²) in [5.74, 6) is -2.96. The lowest BCUT2D eigenvalue weighted by Gasteiger charge is -2.29. The highest BCUT2D eigenvalue weighted by atomic mass is 32.2. The zero-order chi connectivity index (χ0) is 46.3. The summed E-state index contributed by atoms with van der Waals surface area (Å²) in [7, 11) is 0. The van der Waals surface area contributed by atoms with Crippen LogP contribution in [-0.4, -0.2) is 167 Å². The molecular weight excluding hydrogens is 845 g/mol. The summed E-state index contributed by atoms with van der Waals surface area (Å²) in [6, 6.07) is -1.19. The van der Waals surface area contributed by atoms with Crippen molar-refractivity contribution in [3.05, 3.63) is 0 Å². The molecule has 21 heteroatoms. The fraction of sp³-hybridized carbons (Fsp3) is 0.833. The summed E-state index contributed by atoms with van der Waals surface area (Å²) in [6.07, 6.45) is 12.9. The Morgan fingerprint density at radius 1 is 0.587 bits per heavy atom. The minimum absolute atomic E-state index is 0.0560. The van der Waals surface area contributed by atoms with Crippen LogP contribution in [0.5, 0.6) is 0 Å². The van der Waals surface area contributed by atoms with Crippen LogP contribution in [0, 0.1) is 11.8 Å². The van der Waals surface area contributed by atoms with E-state index in [4.69, 9.17) is 24.1 Å². The Kier molecular flexibility index (Phi) is 35.4. The van der Waals surface area contributed by atoms with E-state index in [1.165, 1.54) is 11.8 Å². The minimum atomic E-state index is -1.20. The van der Waals surface area contributed by atoms with Crippen LogP contribution in [0.2, 0.25) is 0 Å². The largest absolute Gasteiger partial charge is 0.481 e. The van der Waals surface area contributed by atoms with Gasteiger partial charge in [-0.05, 0) is 63.5 Å². The van der Waals surface area contributed by atoms with Gasteiger partial charge in [0.1, 0.15) is 25.5 Å². The Morgan fingerprint density at radius 3 is 1.65 bits per heavy atom. The average Bonchev–Trinajstić information content (AvgIpc) is 3.25. The Bertz CT molecular complexity index is 1290. The molecule has 0 bridgehead atoms. The molecular formula is C42H76N6O14S. The molecule has 0 aromatic heterocycles. The number of carboxylic acid groups (broad SMARTS) is 2. The van der Waals surface area contributed by atoms with Gasteiger partial charge in [-0.2, -0.15) is 11.8 Å². The summed E-state index contributed by atoms with van der Waals surface area (Å²) in [6.45, 7) is 2.67. The van der Waals surface area contributed by atoms with E-state index < -0.39 is 24.2 Å². The number of aliphatic hydroxyl groups is 1. The highest BCUT2D eigenvalue weighted by Crippen LogP contribution is 2.29. The number of unbranched alkanes of at least 4 members (excludes halogenated alkanes) is 7. The Balaban J connectivity index is 2.01. The molecule has 2 atom stereocenters. The summed E-state index contributed by atoms with van der Waals surface area (Å²) in [4.78, 5) is 82.6. The van der Waals surface area contributed by atoms with Gasteiger partial charge in [0, 0.05) is 51.5 Å². The first-order chi connectivity index (χ1) is 30.4. The molecule has 1 saturated carbocycles. The molecule has 9 N–H and O–H groups in total. The number of carbonyl (C=O) groups is 7. The van der Waals surface area contributed by atoms with Crippen molar-refractivity contribution in [2.45, 2.75) is 115 Å². The molecule has 0 aromatic rings. The van der Waals surface area contributed by atoms with Gasteiger partial charge < -0.3 is 60.9 Å². The topological polar surface area (TPSA) is 289 Å². The molecule has 20 nitrogen and oxygen atoms in total. The van der Waals surface area contributed by atoms with Gasteiger partial charge in [-0.1, -0.05) is 38.5 Å². The third kappa shape index (κ3) is 34.5. The molecule has 1 rings (SSSR count). The van der Waals surface area contributed by atoms with Crippen molar-refractivity contribution in [2.24, 2.45) is 11.8 Å². The van der Waals surface area contributed by atoms with Crippen LogP contribution in [-0.2, 0) is 52.5 Å². The number of carbonyl (C=O) groups excluding carboxylic acids is 5. The van der Waals surface area contributed by atoms with E-state index in [1.54, 1.807) is 0 Å². The van der Waals surface area contributed by atoms with Crippen molar-refractivity contribution in [1.82, 2.24) is 31.9 Å². The third-order valence-corrected chi connectivity index (χ3v) is 10.7. The number of carboxylic acids is 2. The van der Waals surface area contributed by atoms with Crippen LogP contribution in [0.4, 0.5) is 0 Å². The van der Waals surface area contributed by atoms with Gasteiger partial charge in [-0.15, -0.1) is 0 Å². The Hall–Kier alpha value is -3.60. The molecule has 0 spiro atoms. The van der Waals surface area contributed by atoms with Crippen LogP contribution in [0.25, 0.3) is 0 Å². The maximum Gasteiger partial charge on any atom is 0.326 e. The number of thioether (sulfide) groups is 1. The monoisotopic (exact) mass is 921 g/mol. The molecule has 0 aliphatic heterocycles. The molecule has 0 aromatic carbocycles. The lowest BCUT2D eigenvalue weighted by Crippen LogP contribution is -2.45. The SMILES string of the molecule is CSCC(=O)NCCNC(=O)COCCOCCNC(=O)COCCOCCNC(=O)CCC(NC(=O)C1CCC(CNC(O)CCCCCCCCCCC(=O)O)CC1)C(=O)O. The van der Waals surface area contributed by atoms with Crippen molar-refractivity contribution in [3.63, 3.8) is 0 Å². The number of aliphatic carboxylic acids is 2. The third-order valence-electron chi connectivity index (χ3n) is 10.1. The minimum Gasteiger partial charge on any atom is -0.481 e. The highest BCUT2D eigenvalue weighted by molar-refractivity contribution is 7.99. The Labute approximate surface area is 376 Å². The zero-order valence-corrected chi connectivity index (χ0v) is 38.1.